The van der Waals surface area contributed by atoms with Crippen molar-refractivity contribution in [1.29, 1.82) is 0 Å². The molecular formula is C23H19F2N2O+. The summed E-state index contributed by atoms with van der Waals surface area (Å²) in [7, 11) is 2.04. The Morgan fingerprint density at radius 3 is 2.71 bits per heavy atom. The number of nitrogens with zero attached hydrogens (tertiary/aromatic N) is 2. The minimum Gasteiger partial charge on any atom is -0.437 e. The van der Waals surface area contributed by atoms with Gasteiger partial charge in [-0.25, -0.2) is 8.96 Å². The highest BCUT2D eigenvalue weighted by Crippen LogP contribution is 2.53. The molecule has 0 saturated heterocycles. The maximum atomic E-state index is 14.5. The summed E-state index contributed by atoms with van der Waals surface area (Å²) in [6, 6.07) is 6.88. The van der Waals surface area contributed by atoms with E-state index >= 15 is 0 Å². The second-order valence-electron chi connectivity index (χ2n) is 8.23. The first-order valence-electron chi connectivity index (χ1n) is 9.73. The molecule has 140 valence electrons. The van der Waals surface area contributed by atoms with Crippen LogP contribution in [0.4, 0.5) is 8.78 Å². The highest BCUT2D eigenvalue weighted by molar-refractivity contribution is 6.09. The summed E-state index contributed by atoms with van der Waals surface area (Å²) in [6.07, 6.45) is 6.04. The van der Waals surface area contributed by atoms with E-state index in [1.165, 1.54) is 30.4 Å². The van der Waals surface area contributed by atoms with Crippen molar-refractivity contribution in [3.05, 3.63) is 58.9 Å². The van der Waals surface area contributed by atoms with E-state index in [0.29, 0.717) is 22.8 Å². The molecule has 1 aromatic carbocycles. The van der Waals surface area contributed by atoms with E-state index in [1.807, 2.05) is 26.1 Å². The molecule has 28 heavy (non-hydrogen) atoms. The fourth-order valence-electron chi connectivity index (χ4n) is 5.36. The van der Waals surface area contributed by atoms with Crippen LogP contribution in [0.25, 0.3) is 33.3 Å². The van der Waals surface area contributed by atoms with Crippen molar-refractivity contribution < 1.29 is 17.8 Å². The van der Waals surface area contributed by atoms with Crippen LogP contribution >= 0.6 is 0 Å². The minimum atomic E-state index is -0.874. The highest BCUT2D eigenvalue weighted by atomic mass is 19.1. The summed E-state index contributed by atoms with van der Waals surface area (Å²) in [5.74, 6) is -0.193. The van der Waals surface area contributed by atoms with Crippen molar-refractivity contribution in [3.8, 4) is 11.3 Å². The molecular weight excluding hydrogens is 358 g/mol. The standard InChI is InChI=1S/C23H19F2N2O/c1-11-3-6-14-21-17(24)9-19(25)26-23(21)28-22(14)20(11)18-8-15-12-4-5-13(7-12)16(15)10-27(18)2/h3,6,8-10,12-13H,4-5,7H2,1-2H3/q+1. The Morgan fingerprint density at radius 2 is 1.89 bits per heavy atom. The fraction of sp³-hybridized carbons (Fsp3) is 0.304. The van der Waals surface area contributed by atoms with Gasteiger partial charge in [-0.2, -0.15) is 9.37 Å². The molecule has 0 spiro atoms. The van der Waals surface area contributed by atoms with Crippen LogP contribution in [0.5, 0.6) is 0 Å². The molecule has 4 aromatic rings. The van der Waals surface area contributed by atoms with Crippen LogP contribution in [-0.4, -0.2) is 4.98 Å². The van der Waals surface area contributed by atoms with Gasteiger partial charge >= 0.3 is 0 Å². The number of rotatable bonds is 1. The summed E-state index contributed by atoms with van der Waals surface area (Å²) in [4.78, 5) is 3.77. The summed E-state index contributed by atoms with van der Waals surface area (Å²) >= 11 is 0. The molecule has 2 bridgehead atoms. The number of furan rings is 1. The SMILES string of the molecule is Cc1ccc2c(oc3nc(F)cc(F)c32)c1-c1cc2c(c[n+]1C)C1CCC2C1. The molecule has 2 atom stereocenters. The normalized spacial score (nSPS) is 20.4. The van der Waals surface area contributed by atoms with Crippen LogP contribution in [0.2, 0.25) is 0 Å². The zero-order valence-electron chi connectivity index (χ0n) is 15.7. The van der Waals surface area contributed by atoms with Gasteiger partial charge in [-0.3, -0.25) is 0 Å². The van der Waals surface area contributed by atoms with Crippen molar-refractivity contribution in [3.63, 3.8) is 0 Å². The number of aromatic nitrogens is 2. The molecule has 5 heteroatoms. The van der Waals surface area contributed by atoms with Gasteiger partial charge in [0, 0.05) is 23.1 Å². The van der Waals surface area contributed by atoms with E-state index in [2.05, 4.69) is 21.8 Å². The van der Waals surface area contributed by atoms with Crippen LogP contribution in [0, 0.1) is 18.7 Å². The minimum absolute atomic E-state index is 0.00206. The molecule has 1 fully saturated rings. The Hall–Kier alpha value is -2.82. The number of hydrogen-bond donors (Lipinski definition) is 0. The van der Waals surface area contributed by atoms with Gasteiger partial charge in [-0.05, 0) is 49.1 Å². The molecule has 2 aliphatic carbocycles. The maximum absolute atomic E-state index is 14.5. The van der Waals surface area contributed by atoms with Crippen molar-refractivity contribution in [2.24, 2.45) is 7.05 Å². The van der Waals surface area contributed by atoms with Crippen LogP contribution in [0.1, 0.15) is 47.8 Å². The van der Waals surface area contributed by atoms with Crippen LogP contribution in [-0.2, 0) is 7.05 Å². The van der Waals surface area contributed by atoms with Crippen molar-refractivity contribution in [1.82, 2.24) is 4.98 Å². The zero-order chi connectivity index (χ0) is 19.2. The summed E-state index contributed by atoms with van der Waals surface area (Å²) in [6.45, 7) is 2.02. The van der Waals surface area contributed by atoms with E-state index in [-0.39, 0.29) is 11.1 Å². The maximum Gasteiger partial charge on any atom is 0.232 e. The molecule has 6 rings (SSSR count). The second-order valence-corrected chi connectivity index (χ2v) is 8.23. The van der Waals surface area contributed by atoms with E-state index in [9.17, 15) is 8.78 Å². The van der Waals surface area contributed by atoms with E-state index in [4.69, 9.17) is 4.42 Å². The third kappa shape index (κ3) is 2.02. The number of hydrogen-bond acceptors (Lipinski definition) is 2. The third-order valence-corrected chi connectivity index (χ3v) is 6.65. The smallest absolute Gasteiger partial charge is 0.232 e. The number of pyridine rings is 2. The molecule has 2 aliphatic rings. The highest BCUT2D eigenvalue weighted by Gasteiger charge is 2.39. The zero-order valence-corrected chi connectivity index (χ0v) is 15.7. The first kappa shape index (κ1) is 16.2. The molecule has 3 nitrogen and oxygen atoms in total. The summed E-state index contributed by atoms with van der Waals surface area (Å²) < 4.78 is 36.1. The average molecular weight is 377 g/mol. The van der Waals surface area contributed by atoms with Crippen molar-refractivity contribution in [2.75, 3.05) is 0 Å². The van der Waals surface area contributed by atoms with Gasteiger partial charge in [0.2, 0.25) is 17.4 Å². The van der Waals surface area contributed by atoms with Gasteiger partial charge in [0.05, 0.1) is 10.9 Å². The first-order valence-corrected chi connectivity index (χ1v) is 9.73. The van der Waals surface area contributed by atoms with Gasteiger partial charge in [-0.15, -0.1) is 0 Å². The predicted molar refractivity (Wildman–Crippen MR) is 102 cm³/mol. The Balaban J connectivity index is 1.68. The van der Waals surface area contributed by atoms with E-state index < -0.39 is 11.8 Å². The largest absolute Gasteiger partial charge is 0.437 e. The number of fused-ring (bicyclic) bond motifs is 8. The third-order valence-electron chi connectivity index (χ3n) is 6.65. The summed E-state index contributed by atoms with van der Waals surface area (Å²) in [5, 5.41) is 0.864. The lowest BCUT2D eigenvalue weighted by molar-refractivity contribution is -0.660. The molecule has 3 aromatic heterocycles. The Morgan fingerprint density at radius 1 is 1.11 bits per heavy atom. The lowest BCUT2D eigenvalue weighted by Crippen LogP contribution is -2.32. The van der Waals surface area contributed by atoms with Gasteiger partial charge in [0.25, 0.3) is 0 Å². The lowest BCUT2D eigenvalue weighted by Gasteiger charge is -2.15. The lowest BCUT2D eigenvalue weighted by atomic mass is 9.91. The second kappa shape index (κ2) is 5.37. The molecule has 2 unspecified atom stereocenters. The molecule has 0 radical (unpaired) electrons. The molecule has 0 amide bonds. The van der Waals surface area contributed by atoms with Gasteiger partial charge < -0.3 is 4.42 Å². The molecule has 1 saturated carbocycles. The van der Waals surface area contributed by atoms with Gasteiger partial charge in [0.15, 0.2) is 11.8 Å². The molecule has 3 heterocycles. The first-order chi connectivity index (χ1) is 13.5. The van der Waals surface area contributed by atoms with E-state index in [0.717, 1.165) is 22.9 Å². The number of halogens is 2. The van der Waals surface area contributed by atoms with Gasteiger partial charge in [-0.1, -0.05) is 12.1 Å². The quantitative estimate of drug-likeness (QED) is 0.327. The summed E-state index contributed by atoms with van der Waals surface area (Å²) in [5.41, 5.74) is 6.45. The fourth-order valence-corrected chi connectivity index (χ4v) is 5.36. The number of benzene rings is 1. The molecule has 0 aliphatic heterocycles. The Bertz CT molecular complexity index is 1310. The van der Waals surface area contributed by atoms with Crippen LogP contribution in [0.15, 0.2) is 34.9 Å². The number of aryl methyl sites for hydroxylation is 2. The topological polar surface area (TPSA) is 29.9 Å². The Labute approximate surface area is 160 Å². The molecule has 0 N–H and O–H groups in total. The van der Waals surface area contributed by atoms with Crippen LogP contribution in [0.3, 0.4) is 0 Å². The monoisotopic (exact) mass is 377 g/mol. The van der Waals surface area contributed by atoms with Gasteiger partial charge in [0.1, 0.15) is 12.9 Å². The van der Waals surface area contributed by atoms with Crippen LogP contribution < -0.4 is 4.57 Å². The van der Waals surface area contributed by atoms with E-state index in [1.54, 1.807) is 0 Å². The van der Waals surface area contributed by atoms with Crippen molar-refractivity contribution in [2.45, 2.75) is 38.0 Å². The average Bonchev–Trinajstić information content (AvgIpc) is 3.34. The predicted octanol–water partition coefficient (Wildman–Crippen LogP) is 5.42. The Kier molecular flexibility index (Phi) is 3.10. The van der Waals surface area contributed by atoms with Crippen molar-refractivity contribution >= 4 is 22.1 Å².